The van der Waals surface area contributed by atoms with Gasteiger partial charge in [0.05, 0.1) is 7.11 Å². The van der Waals surface area contributed by atoms with Crippen LogP contribution in [0.3, 0.4) is 0 Å². The van der Waals surface area contributed by atoms with Crippen molar-refractivity contribution in [2.24, 2.45) is 0 Å². The Morgan fingerprint density at radius 1 is 1.43 bits per heavy atom. The predicted octanol–water partition coefficient (Wildman–Crippen LogP) is 3.47. The Bertz CT molecular complexity index is 609. The minimum Gasteiger partial charge on any atom is -0.495 e. The molecule has 1 aromatic rings. The van der Waals surface area contributed by atoms with Gasteiger partial charge in [0.1, 0.15) is 10.6 Å². The van der Waals surface area contributed by atoms with Crippen LogP contribution in [0.1, 0.15) is 25.7 Å². The number of halogens is 1. The van der Waals surface area contributed by atoms with Crippen molar-refractivity contribution < 1.29 is 13.2 Å². The van der Waals surface area contributed by atoms with E-state index < -0.39 is 10.0 Å². The molecule has 0 bridgehead atoms. The van der Waals surface area contributed by atoms with E-state index in [1.807, 2.05) is 0 Å². The molecule has 0 N–H and O–H groups in total. The van der Waals surface area contributed by atoms with Crippen molar-refractivity contribution in [2.45, 2.75) is 36.6 Å². The lowest BCUT2D eigenvalue weighted by Crippen LogP contribution is -2.39. The lowest BCUT2D eigenvalue weighted by atomic mass is 10.2. The first-order valence-corrected chi connectivity index (χ1v) is 8.78. The van der Waals surface area contributed by atoms with Crippen molar-refractivity contribution in [2.75, 3.05) is 13.7 Å². The smallest absolute Gasteiger partial charge is 0.247 e. The van der Waals surface area contributed by atoms with Crippen molar-refractivity contribution in [1.29, 1.82) is 0 Å². The summed E-state index contributed by atoms with van der Waals surface area (Å²) in [4.78, 5) is 0.117. The molecule has 0 aromatic heterocycles. The largest absolute Gasteiger partial charge is 0.495 e. The first kappa shape index (κ1) is 16.3. The maximum atomic E-state index is 13.0. The molecule has 0 radical (unpaired) electrons. The van der Waals surface area contributed by atoms with Crippen molar-refractivity contribution in [3.05, 3.63) is 35.9 Å². The number of benzene rings is 1. The van der Waals surface area contributed by atoms with E-state index in [4.69, 9.17) is 16.3 Å². The first-order valence-electron chi connectivity index (χ1n) is 6.97. The molecule has 6 heteroatoms. The molecule has 116 valence electrons. The Morgan fingerprint density at radius 3 is 2.67 bits per heavy atom. The monoisotopic (exact) mass is 329 g/mol. The molecular weight excluding hydrogens is 310 g/mol. The van der Waals surface area contributed by atoms with Gasteiger partial charge in [-0.15, -0.1) is 6.58 Å². The highest BCUT2D eigenvalue weighted by atomic mass is 35.5. The number of hydrogen-bond donors (Lipinski definition) is 0. The Hall–Kier alpha value is -1.04. The van der Waals surface area contributed by atoms with Crippen LogP contribution in [0.15, 0.2) is 35.7 Å². The van der Waals surface area contributed by atoms with E-state index in [1.165, 1.54) is 17.5 Å². The van der Waals surface area contributed by atoms with Crippen LogP contribution in [0.4, 0.5) is 0 Å². The zero-order valence-electron chi connectivity index (χ0n) is 12.1. The van der Waals surface area contributed by atoms with Crippen molar-refractivity contribution in [3.8, 4) is 5.75 Å². The maximum Gasteiger partial charge on any atom is 0.247 e. The van der Waals surface area contributed by atoms with E-state index in [1.54, 1.807) is 18.2 Å². The summed E-state index contributed by atoms with van der Waals surface area (Å²) >= 11 is 5.96. The minimum atomic E-state index is -3.66. The Balaban J connectivity index is 2.47. The number of nitrogens with zero attached hydrogens (tertiary/aromatic N) is 1. The zero-order valence-corrected chi connectivity index (χ0v) is 13.7. The lowest BCUT2D eigenvalue weighted by molar-refractivity contribution is 0.343. The molecule has 21 heavy (non-hydrogen) atoms. The summed E-state index contributed by atoms with van der Waals surface area (Å²) in [6, 6.07) is 4.67. The molecule has 1 aliphatic rings. The predicted molar refractivity (Wildman–Crippen MR) is 84.3 cm³/mol. The van der Waals surface area contributed by atoms with Crippen LogP contribution in [-0.4, -0.2) is 32.4 Å². The van der Waals surface area contributed by atoms with Crippen LogP contribution in [0.2, 0.25) is 5.02 Å². The summed E-state index contributed by atoms with van der Waals surface area (Å²) in [7, 11) is -2.21. The van der Waals surface area contributed by atoms with Gasteiger partial charge in [0.15, 0.2) is 0 Å². The van der Waals surface area contributed by atoms with Gasteiger partial charge in [-0.2, -0.15) is 4.31 Å². The minimum absolute atomic E-state index is 0.0247. The van der Waals surface area contributed by atoms with E-state index in [0.717, 1.165) is 25.7 Å². The number of ether oxygens (including phenoxy) is 1. The van der Waals surface area contributed by atoms with E-state index in [2.05, 4.69) is 6.58 Å². The normalized spacial score (nSPS) is 16.3. The highest BCUT2D eigenvalue weighted by molar-refractivity contribution is 7.89. The summed E-state index contributed by atoms with van der Waals surface area (Å²) in [5.41, 5.74) is 0. The topological polar surface area (TPSA) is 46.6 Å². The number of sulfonamides is 1. The highest BCUT2D eigenvalue weighted by Gasteiger charge is 2.34. The van der Waals surface area contributed by atoms with Gasteiger partial charge >= 0.3 is 0 Å². The van der Waals surface area contributed by atoms with Crippen molar-refractivity contribution >= 4 is 21.6 Å². The fourth-order valence-corrected chi connectivity index (χ4v) is 4.82. The van der Waals surface area contributed by atoms with Gasteiger partial charge in [-0.05, 0) is 31.0 Å². The highest BCUT2D eigenvalue weighted by Crippen LogP contribution is 2.33. The van der Waals surface area contributed by atoms with Crippen LogP contribution in [0.5, 0.6) is 5.75 Å². The molecule has 4 nitrogen and oxygen atoms in total. The molecule has 0 amide bonds. The molecule has 0 saturated heterocycles. The van der Waals surface area contributed by atoms with Gasteiger partial charge in [0.2, 0.25) is 10.0 Å². The standard InChI is InChI=1S/C15H20ClNO3S/c1-3-10-17(13-6-4-5-7-13)21(18,19)15-11-12(16)8-9-14(15)20-2/h3,8-9,11,13H,1,4-7,10H2,2H3. The van der Waals surface area contributed by atoms with E-state index in [0.29, 0.717) is 17.3 Å². The molecule has 1 aromatic carbocycles. The second-order valence-corrected chi connectivity index (χ2v) is 7.39. The first-order chi connectivity index (χ1) is 10.0. The SMILES string of the molecule is C=CCN(C1CCCC1)S(=O)(=O)c1cc(Cl)ccc1OC. The molecule has 2 rings (SSSR count). The van der Waals surface area contributed by atoms with Crippen LogP contribution in [0.25, 0.3) is 0 Å². The summed E-state index contributed by atoms with van der Waals surface area (Å²) in [6.07, 6.45) is 5.50. The Labute approximate surface area is 131 Å². The third-order valence-corrected chi connectivity index (χ3v) is 5.93. The fraction of sp³-hybridized carbons (Fsp3) is 0.467. The summed E-state index contributed by atoms with van der Waals surface area (Å²) in [5, 5.41) is 0.374. The summed E-state index contributed by atoms with van der Waals surface area (Å²) in [5.74, 6) is 0.312. The van der Waals surface area contributed by atoms with Crippen LogP contribution < -0.4 is 4.74 Å². The van der Waals surface area contributed by atoms with Gasteiger partial charge in [-0.3, -0.25) is 0 Å². The van der Waals surface area contributed by atoms with Crippen molar-refractivity contribution in [1.82, 2.24) is 4.31 Å². The molecular formula is C15H20ClNO3S. The van der Waals surface area contributed by atoms with Crippen LogP contribution in [0, 0.1) is 0 Å². The molecule has 0 spiro atoms. The molecule has 1 aliphatic carbocycles. The second-order valence-electron chi connectivity index (χ2n) is 5.10. The summed E-state index contributed by atoms with van der Waals surface area (Å²) < 4.78 is 32.7. The third-order valence-electron chi connectivity index (χ3n) is 3.75. The summed E-state index contributed by atoms with van der Waals surface area (Å²) in [6.45, 7) is 3.97. The molecule has 0 aliphatic heterocycles. The average Bonchev–Trinajstić information content (AvgIpc) is 2.98. The van der Waals surface area contributed by atoms with E-state index in [9.17, 15) is 8.42 Å². The van der Waals surface area contributed by atoms with Gasteiger partial charge in [-0.1, -0.05) is 30.5 Å². The number of hydrogen-bond acceptors (Lipinski definition) is 3. The molecule has 1 fully saturated rings. The van der Waals surface area contributed by atoms with Gasteiger partial charge in [0, 0.05) is 17.6 Å². The fourth-order valence-electron chi connectivity index (χ4n) is 2.74. The molecule has 1 saturated carbocycles. The Morgan fingerprint density at radius 2 is 2.10 bits per heavy atom. The average molecular weight is 330 g/mol. The maximum absolute atomic E-state index is 13.0. The number of methoxy groups -OCH3 is 1. The molecule has 0 heterocycles. The molecule has 0 unspecified atom stereocenters. The lowest BCUT2D eigenvalue weighted by Gasteiger charge is -2.27. The van der Waals surface area contributed by atoms with E-state index in [-0.39, 0.29) is 10.9 Å². The molecule has 0 atom stereocenters. The van der Waals surface area contributed by atoms with Crippen LogP contribution in [-0.2, 0) is 10.0 Å². The second kappa shape index (κ2) is 6.81. The zero-order chi connectivity index (χ0) is 15.5. The van der Waals surface area contributed by atoms with Gasteiger partial charge in [0.25, 0.3) is 0 Å². The van der Waals surface area contributed by atoms with Crippen molar-refractivity contribution in [3.63, 3.8) is 0 Å². The van der Waals surface area contributed by atoms with Gasteiger partial charge < -0.3 is 4.74 Å². The van der Waals surface area contributed by atoms with Gasteiger partial charge in [-0.25, -0.2) is 8.42 Å². The van der Waals surface area contributed by atoms with E-state index >= 15 is 0 Å². The third kappa shape index (κ3) is 3.42. The number of rotatable bonds is 6. The Kier molecular flexibility index (Phi) is 5.30. The van der Waals surface area contributed by atoms with Crippen LogP contribution >= 0.6 is 11.6 Å². The quantitative estimate of drug-likeness (QED) is 0.751.